The molecule has 72 valence electrons. The quantitative estimate of drug-likeness (QED) is 0.695. The molecule has 0 unspecified atom stereocenters. The van der Waals surface area contributed by atoms with Gasteiger partial charge in [0.25, 0.3) is 0 Å². The van der Waals surface area contributed by atoms with Gasteiger partial charge in [0.1, 0.15) is 18.0 Å². The molecule has 0 saturated heterocycles. The zero-order chi connectivity index (χ0) is 10.1. The van der Waals surface area contributed by atoms with Crippen LogP contribution in [0.25, 0.3) is 11.0 Å². The van der Waals surface area contributed by atoms with Gasteiger partial charge in [-0.05, 0) is 19.1 Å². The Kier molecular flexibility index (Phi) is 2.08. The van der Waals surface area contributed by atoms with Crippen molar-refractivity contribution >= 4 is 11.0 Å². The lowest BCUT2D eigenvalue weighted by atomic mass is 10.1. The molecule has 0 spiro atoms. The summed E-state index contributed by atoms with van der Waals surface area (Å²) < 4.78 is 17.5. The molecule has 3 heteroatoms. The van der Waals surface area contributed by atoms with E-state index in [1.807, 2.05) is 13.0 Å². The van der Waals surface area contributed by atoms with Crippen molar-refractivity contribution in [3.8, 4) is 0 Å². The van der Waals surface area contributed by atoms with Crippen LogP contribution in [0.4, 0.5) is 4.39 Å². The molecule has 0 aliphatic carbocycles. The summed E-state index contributed by atoms with van der Waals surface area (Å²) in [6.45, 7) is 1.14. The van der Waals surface area contributed by atoms with Gasteiger partial charge < -0.3 is 4.42 Å². The smallest absolute Gasteiger partial charge is 0.193 e. The summed E-state index contributed by atoms with van der Waals surface area (Å²) >= 11 is 0. The third-order valence-corrected chi connectivity index (χ3v) is 2.07. The first-order valence-corrected chi connectivity index (χ1v) is 4.30. The van der Waals surface area contributed by atoms with Crippen LogP contribution in [0.1, 0.15) is 11.3 Å². The lowest BCUT2D eigenvalue weighted by Crippen LogP contribution is -2.01. The van der Waals surface area contributed by atoms with Crippen molar-refractivity contribution in [3.63, 3.8) is 0 Å². The molecule has 14 heavy (non-hydrogen) atoms. The third-order valence-electron chi connectivity index (χ3n) is 2.07. The van der Waals surface area contributed by atoms with Crippen LogP contribution in [0.5, 0.6) is 0 Å². The summed E-state index contributed by atoms with van der Waals surface area (Å²) in [5.74, 6) is 0.0753. The van der Waals surface area contributed by atoms with Crippen molar-refractivity contribution in [2.24, 2.45) is 0 Å². The fourth-order valence-electron chi connectivity index (χ4n) is 1.39. The van der Waals surface area contributed by atoms with Crippen LogP contribution in [-0.4, -0.2) is 0 Å². The number of fused-ring (bicyclic) bond motifs is 1. The molecule has 1 aromatic carbocycles. The molecule has 0 amide bonds. The molecule has 0 bridgehead atoms. The van der Waals surface area contributed by atoms with Gasteiger partial charge in [-0.15, -0.1) is 0 Å². The molecule has 0 radical (unpaired) electrons. The number of halogens is 1. The maximum atomic E-state index is 12.3. The van der Waals surface area contributed by atoms with Gasteiger partial charge in [-0.25, -0.2) is 4.39 Å². The van der Waals surface area contributed by atoms with E-state index in [0.29, 0.717) is 11.0 Å². The Morgan fingerprint density at radius 1 is 1.36 bits per heavy atom. The second-order valence-electron chi connectivity index (χ2n) is 3.21. The second kappa shape index (κ2) is 3.25. The number of rotatable bonds is 1. The van der Waals surface area contributed by atoms with Gasteiger partial charge in [0.15, 0.2) is 5.43 Å². The molecule has 0 aliphatic rings. The van der Waals surface area contributed by atoms with Gasteiger partial charge in [-0.1, -0.05) is 11.6 Å². The minimum atomic E-state index is -0.751. The number of alkyl halides is 1. The SMILES string of the molecule is Cc1ccc2oc(CF)cc(=O)c2c1. The predicted molar refractivity (Wildman–Crippen MR) is 52.0 cm³/mol. The van der Waals surface area contributed by atoms with Gasteiger partial charge in [-0.2, -0.15) is 0 Å². The standard InChI is InChI=1S/C11H9FO2/c1-7-2-3-11-9(4-7)10(13)5-8(6-12)14-11/h2-5H,6H2,1H3. The highest BCUT2D eigenvalue weighted by atomic mass is 19.1. The molecule has 2 nitrogen and oxygen atoms in total. The van der Waals surface area contributed by atoms with Gasteiger partial charge in [0, 0.05) is 6.07 Å². The summed E-state index contributed by atoms with van der Waals surface area (Å²) in [5.41, 5.74) is 1.23. The van der Waals surface area contributed by atoms with Crippen molar-refractivity contribution < 1.29 is 8.81 Å². The maximum Gasteiger partial charge on any atom is 0.193 e. The van der Waals surface area contributed by atoms with E-state index in [2.05, 4.69) is 0 Å². The van der Waals surface area contributed by atoms with Crippen LogP contribution in [0.3, 0.4) is 0 Å². The Balaban J connectivity index is 2.83. The fraction of sp³-hybridized carbons (Fsp3) is 0.182. The summed E-state index contributed by atoms with van der Waals surface area (Å²) in [6, 6.07) is 6.45. The van der Waals surface area contributed by atoms with E-state index in [-0.39, 0.29) is 11.2 Å². The van der Waals surface area contributed by atoms with E-state index in [4.69, 9.17) is 4.42 Å². The van der Waals surface area contributed by atoms with E-state index >= 15 is 0 Å². The topological polar surface area (TPSA) is 30.2 Å². The monoisotopic (exact) mass is 192 g/mol. The van der Waals surface area contributed by atoms with E-state index in [9.17, 15) is 9.18 Å². The predicted octanol–water partition coefficient (Wildman–Crippen LogP) is 2.57. The minimum absolute atomic E-state index is 0.0753. The van der Waals surface area contributed by atoms with E-state index in [1.54, 1.807) is 12.1 Å². The number of hydrogen-bond acceptors (Lipinski definition) is 2. The molecular formula is C11H9FO2. The highest BCUT2D eigenvalue weighted by molar-refractivity contribution is 5.77. The highest BCUT2D eigenvalue weighted by Crippen LogP contribution is 2.14. The fourth-order valence-corrected chi connectivity index (χ4v) is 1.39. The average Bonchev–Trinajstić information content (AvgIpc) is 2.19. The summed E-state index contributed by atoms with van der Waals surface area (Å²) in [5, 5.41) is 0.502. The van der Waals surface area contributed by atoms with Crippen molar-refractivity contribution in [1.29, 1.82) is 0 Å². The molecule has 0 aliphatic heterocycles. The first kappa shape index (κ1) is 8.94. The van der Waals surface area contributed by atoms with Gasteiger partial charge in [0.2, 0.25) is 0 Å². The minimum Gasteiger partial charge on any atom is -0.458 e. The Morgan fingerprint density at radius 2 is 2.14 bits per heavy atom. The Hall–Kier alpha value is -1.64. The molecule has 0 saturated carbocycles. The van der Waals surface area contributed by atoms with Gasteiger partial charge in [-0.3, -0.25) is 4.79 Å². The summed E-state index contributed by atoms with van der Waals surface area (Å²) in [7, 11) is 0. The molecular weight excluding hydrogens is 183 g/mol. The van der Waals surface area contributed by atoms with Crippen molar-refractivity contribution in [2.45, 2.75) is 13.6 Å². The van der Waals surface area contributed by atoms with Crippen molar-refractivity contribution in [1.82, 2.24) is 0 Å². The number of hydrogen-bond donors (Lipinski definition) is 0. The van der Waals surface area contributed by atoms with Gasteiger partial charge >= 0.3 is 0 Å². The first-order chi connectivity index (χ1) is 6.70. The van der Waals surface area contributed by atoms with Crippen LogP contribution in [0.2, 0.25) is 0 Å². The van der Waals surface area contributed by atoms with Crippen molar-refractivity contribution in [3.05, 3.63) is 45.8 Å². The zero-order valence-electron chi connectivity index (χ0n) is 7.71. The van der Waals surface area contributed by atoms with Crippen LogP contribution in [-0.2, 0) is 6.67 Å². The van der Waals surface area contributed by atoms with Crippen molar-refractivity contribution in [2.75, 3.05) is 0 Å². The van der Waals surface area contributed by atoms with E-state index in [1.165, 1.54) is 6.07 Å². The van der Waals surface area contributed by atoms with Crippen LogP contribution < -0.4 is 5.43 Å². The molecule has 2 aromatic rings. The maximum absolute atomic E-state index is 12.3. The molecule has 1 aromatic heterocycles. The highest BCUT2D eigenvalue weighted by Gasteiger charge is 2.03. The normalized spacial score (nSPS) is 10.7. The average molecular weight is 192 g/mol. The Bertz CT molecular complexity index is 528. The third kappa shape index (κ3) is 1.41. The van der Waals surface area contributed by atoms with Gasteiger partial charge in [0.05, 0.1) is 5.39 Å². The summed E-state index contributed by atoms with van der Waals surface area (Å²) in [6.07, 6.45) is 0. The second-order valence-corrected chi connectivity index (χ2v) is 3.21. The van der Waals surface area contributed by atoms with E-state index in [0.717, 1.165) is 5.56 Å². The largest absolute Gasteiger partial charge is 0.458 e. The zero-order valence-corrected chi connectivity index (χ0v) is 7.71. The lowest BCUT2D eigenvalue weighted by molar-refractivity contribution is 0.401. The summed E-state index contributed by atoms with van der Waals surface area (Å²) in [4.78, 5) is 11.5. The Morgan fingerprint density at radius 3 is 2.86 bits per heavy atom. The molecule has 0 fully saturated rings. The Labute approximate surface area is 80.0 Å². The molecule has 0 atom stereocenters. The van der Waals surface area contributed by atoms with Crippen LogP contribution in [0.15, 0.2) is 33.5 Å². The molecule has 0 N–H and O–H groups in total. The lowest BCUT2D eigenvalue weighted by Gasteiger charge is -1.99. The number of benzene rings is 1. The van der Waals surface area contributed by atoms with Crippen LogP contribution >= 0.6 is 0 Å². The molecule has 2 rings (SSSR count). The first-order valence-electron chi connectivity index (χ1n) is 4.30. The molecule has 1 heterocycles. The van der Waals surface area contributed by atoms with E-state index < -0.39 is 6.67 Å². The van der Waals surface area contributed by atoms with Crippen LogP contribution in [0, 0.1) is 6.92 Å². The number of aryl methyl sites for hydroxylation is 1.